The van der Waals surface area contributed by atoms with Crippen molar-refractivity contribution in [2.45, 2.75) is 32.6 Å². The first-order chi connectivity index (χ1) is 16.2. The molecular formula is C24H28N6O3. The Balaban J connectivity index is 1.39. The van der Waals surface area contributed by atoms with E-state index < -0.39 is 0 Å². The van der Waals surface area contributed by atoms with E-state index in [4.69, 9.17) is 14.5 Å². The number of rotatable bonds is 9. The van der Waals surface area contributed by atoms with Crippen molar-refractivity contribution in [2.24, 2.45) is 0 Å². The highest BCUT2D eigenvalue weighted by Gasteiger charge is 2.33. The lowest BCUT2D eigenvalue weighted by molar-refractivity contribution is 0.0948. The summed E-state index contributed by atoms with van der Waals surface area (Å²) in [5.41, 5.74) is 3.14. The zero-order valence-electron chi connectivity index (χ0n) is 19.0. The molecule has 1 amide bonds. The van der Waals surface area contributed by atoms with E-state index in [1.807, 2.05) is 24.3 Å². The summed E-state index contributed by atoms with van der Waals surface area (Å²) < 4.78 is 12.6. The molecule has 0 saturated heterocycles. The molecule has 3 aromatic rings. The standard InChI is InChI=1S/C24H28N6O3/c1-3-29(4-2)12-11-25-23(31)18-14-27-30(22(18)16-5-6-16)24-26-10-9-19(28-24)17-7-8-20-21(13-17)33-15-32-20/h7-10,13-14,16H,3-6,11-12,15H2,1-2H3,(H,25,31). The van der Waals surface area contributed by atoms with E-state index in [2.05, 4.69) is 34.1 Å². The lowest BCUT2D eigenvalue weighted by Crippen LogP contribution is -2.35. The summed E-state index contributed by atoms with van der Waals surface area (Å²) in [5, 5.41) is 7.56. The lowest BCUT2D eigenvalue weighted by Gasteiger charge is -2.18. The van der Waals surface area contributed by atoms with E-state index in [-0.39, 0.29) is 12.7 Å². The van der Waals surface area contributed by atoms with Crippen LogP contribution in [0.4, 0.5) is 0 Å². The first-order valence-corrected chi connectivity index (χ1v) is 11.5. The molecule has 2 aliphatic rings. The predicted octanol–water partition coefficient (Wildman–Crippen LogP) is 3.01. The fraction of sp³-hybridized carbons (Fsp3) is 0.417. The van der Waals surface area contributed by atoms with Crippen LogP contribution in [-0.2, 0) is 0 Å². The number of hydrogen-bond acceptors (Lipinski definition) is 7. The van der Waals surface area contributed by atoms with Crippen LogP contribution < -0.4 is 14.8 Å². The molecule has 1 aromatic carbocycles. The van der Waals surface area contributed by atoms with Crippen LogP contribution in [-0.4, -0.2) is 63.5 Å². The smallest absolute Gasteiger partial charge is 0.254 e. The summed E-state index contributed by atoms with van der Waals surface area (Å²) in [6, 6.07) is 7.58. The number of amides is 1. The molecule has 1 saturated carbocycles. The maximum Gasteiger partial charge on any atom is 0.254 e. The van der Waals surface area contributed by atoms with Gasteiger partial charge in [0.15, 0.2) is 11.5 Å². The number of benzene rings is 1. The summed E-state index contributed by atoms with van der Waals surface area (Å²) in [4.78, 5) is 24.4. The number of aromatic nitrogens is 4. The average Bonchev–Trinajstić information content (AvgIpc) is 3.40. The average molecular weight is 449 g/mol. The topological polar surface area (TPSA) is 94.4 Å². The zero-order valence-corrected chi connectivity index (χ0v) is 19.0. The van der Waals surface area contributed by atoms with E-state index >= 15 is 0 Å². The highest BCUT2D eigenvalue weighted by molar-refractivity contribution is 5.95. The molecule has 2 aromatic heterocycles. The van der Waals surface area contributed by atoms with Crippen molar-refractivity contribution in [3.8, 4) is 28.7 Å². The Labute approximate surface area is 192 Å². The van der Waals surface area contributed by atoms with Gasteiger partial charge in [0.05, 0.1) is 23.1 Å². The van der Waals surface area contributed by atoms with E-state index in [0.717, 1.165) is 55.2 Å². The second kappa shape index (κ2) is 9.19. The van der Waals surface area contributed by atoms with Gasteiger partial charge in [-0.25, -0.2) is 14.6 Å². The Morgan fingerprint density at radius 1 is 1.18 bits per heavy atom. The molecular weight excluding hydrogens is 420 g/mol. The van der Waals surface area contributed by atoms with Gasteiger partial charge in [0, 0.05) is 30.8 Å². The van der Waals surface area contributed by atoms with Gasteiger partial charge in [-0.05, 0) is 50.2 Å². The SMILES string of the molecule is CCN(CC)CCNC(=O)c1cnn(-c2nccc(-c3ccc4c(c3)OCO4)n2)c1C1CC1. The molecule has 0 spiro atoms. The highest BCUT2D eigenvalue weighted by atomic mass is 16.7. The molecule has 1 aliphatic heterocycles. The number of hydrogen-bond donors (Lipinski definition) is 1. The normalized spacial score (nSPS) is 14.6. The Morgan fingerprint density at radius 3 is 2.79 bits per heavy atom. The van der Waals surface area contributed by atoms with Gasteiger partial charge in [-0.3, -0.25) is 4.79 Å². The van der Waals surface area contributed by atoms with Crippen LogP contribution in [0.5, 0.6) is 11.5 Å². The van der Waals surface area contributed by atoms with Gasteiger partial charge in [-0.1, -0.05) is 13.8 Å². The van der Waals surface area contributed by atoms with Gasteiger partial charge in [0.2, 0.25) is 6.79 Å². The summed E-state index contributed by atoms with van der Waals surface area (Å²) in [6.07, 6.45) is 5.42. The maximum absolute atomic E-state index is 12.9. The van der Waals surface area contributed by atoms with Crippen LogP contribution in [0.15, 0.2) is 36.7 Å². The van der Waals surface area contributed by atoms with Gasteiger partial charge < -0.3 is 19.7 Å². The third-order valence-electron chi connectivity index (χ3n) is 6.12. The molecule has 9 heteroatoms. The third-order valence-corrected chi connectivity index (χ3v) is 6.12. The summed E-state index contributed by atoms with van der Waals surface area (Å²) >= 11 is 0. The lowest BCUT2D eigenvalue weighted by atomic mass is 10.1. The second-order valence-corrected chi connectivity index (χ2v) is 8.22. The van der Waals surface area contributed by atoms with E-state index in [9.17, 15) is 4.79 Å². The molecule has 172 valence electrons. The summed E-state index contributed by atoms with van der Waals surface area (Å²) in [6.45, 7) is 7.84. The predicted molar refractivity (Wildman–Crippen MR) is 123 cm³/mol. The molecule has 0 unspecified atom stereocenters. The quantitative estimate of drug-likeness (QED) is 0.538. The number of carbonyl (C=O) groups is 1. The second-order valence-electron chi connectivity index (χ2n) is 8.22. The van der Waals surface area contributed by atoms with Crippen LogP contribution in [0.1, 0.15) is 48.7 Å². The van der Waals surface area contributed by atoms with E-state index in [1.165, 1.54) is 0 Å². The minimum atomic E-state index is -0.0952. The number of nitrogens with zero attached hydrogens (tertiary/aromatic N) is 5. The van der Waals surface area contributed by atoms with Crippen molar-refractivity contribution < 1.29 is 14.3 Å². The largest absolute Gasteiger partial charge is 0.454 e. The Bertz CT molecular complexity index is 1150. The van der Waals surface area contributed by atoms with Crippen LogP contribution in [0.25, 0.3) is 17.2 Å². The van der Waals surface area contributed by atoms with Gasteiger partial charge in [0.1, 0.15) is 0 Å². The molecule has 1 aliphatic carbocycles. The van der Waals surface area contributed by atoms with Crippen LogP contribution in [0, 0.1) is 0 Å². The number of likely N-dealkylation sites (N-methyl/N-ethyl adjacent to an activating group) is 1. The molecule has 1 N–H and O–H groups in total. The monoisotopic (exact) mass is 448 g/mol. The molecule has 1 fully saturated rings. The summed E-state index contributed by atoms with van der Waals surface area (Å²) in [5.74, 6) is 2.09. The fourth-order valence-electron chi connectivity index (χ4n) is 4.07. The van der Waals surface area contributed by atoms with Gasteiger partial charge in [-0.2, -0.15) is 5.10 Å². The van der Waals surface area contributed by atoms with Crippen LogP contribution in [0.2, 0.25) is 0 Å². The maximum atomic E-state index is 12.9. The fourth-order valence-corrected chi connectivity index (χ4v) is 4.07. The molecule has 0 bridgehead atoms. The minimum absolute atomic E-state index is 0.0952. The van der Waals surface area contributed by atoms with E-state index in [1.54, 1.807) is 17.1 Å². The third kappa shape index (κ3) is 4.41. The molecule has 9 nitrogen and oxygen atoms in total. The van der Waals surface area contributed by atoms with Crippen LogP contribution in [0.3, 0.4) is 0 Å². The van der Waals surface area contributed by atoms with Gasteiger partial charge >= 0.3 is 0 Å². The molecule has 3 heterocycles. The van der Waals surface area contributed by atoms with Crippen molar-refractivity contribution in [3.63, 3.8) is 0 Å². The Morgan fingerprint density at radius 2 is 2.00 bits per heavy atom. The van der Waals surface area contributed by atoms with Crippen molar-refractivity contribution in [3.05, 3.63) is 47.9 Å². The van der Waals surface area contributed by atoms with Crippen molar-refractivity contribution in [2.75, 3.05) is 33.0 Å². The van der Waals surface area contributed by atoms with Crippen molar-refractivity contribution in [1.82, 2.24) is 30.0 Å². The molecule has 0 atom stereocenters. The Kier molecular flexibility index (Phi) is 5.95. The van der Waals surface area contributed by atoms with E-state index in [0.29, 0.717) is 29.7 Å². The van der Waals surface area contributed by atoms with Crippen molar-refractivity contribution in [1.29, 1.82) is 0 Å². The number of nitrogens with one attached hydrogen (secondary N) is 1. The van der Waals surface area contributed by atoms with Crippen LogP contribution >= 0.6 is 0 Å². The van der Waals surface area contributed by atoms with Crippen molar-refractivity contribution >= 4 is 5.91 Å². The summed E-state index contributed by atoms with van der Waals surface area (Å²) in [7, 11) is 0. The Hall–Kier alpha value is -3.46. The first kappa shape index (κ1) is 21.4. The highest BCUT2D eigenvalue weighted by Crippen LogP contribution is 2.42. The first-order valence-electron chi connectivity index (χ1n) is 11.5. The minimum Gasteiger partial charge on any atom is -0.454 e. The molecule has 0 radical (unpaired) electrons. The number of carbonyl (C=O) groups excluding carboxylic acids is 1. The molecule has 33 heavy (non-hydrogen) atoms. The number of fused-ring (bicyclic) bond motifs is 1. The molecule has 5 rings (SSSR count). The van der Waals surface area contributed by atoms with Gasteiger partial charge in [-0.15, -0.1) is 0 Å². The number of ether oxygens (including phenoxy) is 2. The van der Waals surface area contributed by atoms with Gasteiger partial charge in [0.25, 0.3) is 11.9 Å². The zero-order chi connectivity index (χ0) is 22.8.